The summed E-state index contributed by atoms with van der Waals surface area (Å²) in [7, 11) is 6.33. The van der Waals surface area contributed by atoms with Gasteiger partial charge in [0.1, 0.15) is 23.0 Å². The first-order valence-electron chi connectivity index (χ1n) is 33.4. The molecular weight excluding hydrogens is 1170 g/mol. The topological polar surface area (TPSA) is 90.3 Å². The molecule has 0 amide bonds. The van der Waals surface area contributed by atoms with E-state index in [1.165, 1.54) is 66.8 Å². The van der Waals surface area contributed by atoms with Gasteiger partial charge in [0.05, 0.1) is 34.9 Å². The number of aliphatic hydroxyl groups is 2. The molecule has 0 aliphatic carbocycles. The van der Waals surface area contributed by atoms with Gasteiger partial charge in [0, 0.05) is 78.3 Å². The van der Waals surface area contributed by atoms with Crippen molar-refractivity contribution in [2.75, 3.05) is 53.9 Å². The number of aliphatic hydroxyl groups excluding tert-OH is 2. The Morgan fingerprint density at radius 3 is 1.26 bits per heavy atom. The lowest BCUT2D eigenvalue weighted by molar-refractivity contribution is 0.0504. The molecule has 2 N–H and O–H groups in total. The number of rotatable bonds is 3. The average molecular weight is 1260 g/mol. The number of benzene rings is 9. The van der Waals surface area contributed by atoms with Crippen LogP contribution < -0.4 is 38.5 Å². The zero-order valence-electron chi connectivity index (χ0n) is 57.4. The summed E-state index contributed by atoms with van der Waals surface area (Å²) in [5, 5.41) is 21.9. The maximum absolute atomic E-state index is 9.80. The molecule has 17 rings (SSSR count). The van der Waals surface area contributed by atoms with E-state index in [-0.39, 0.29) is 34.9 Å². The van der Waals surface area contributed by atoms with Crippen LogP contribution in [-0.4, -0.2) is 67.4 Å². The Morgan fingerprint density at radius 2 is 0.758 bits per heavy atom. The molecular formula is C85H88N4O6. The average Bonchev–Trinajstić information content (AvgIpc) is 1.59. The molecule has 0 radical (unpaired) electrons. The second kappa shape index (κ2) is 22.6. The van der Waals surface area contributed by atoms with Gasteiger partial charge in [-0.25, -0.2) is 0 Å². The number of fused-ring (bicyclic) bond motifs is 10. The normalized spacial score (nSPS) is 23.2. The third kappa shape index (κ3) is 9.24. The van der Waals surface area contributed by atoms with E-state index in [0.717, 1.165) is 56.5 Å². The monoisotopic (exact) mass is 1260 g/mol. The first-order valence-corrected chi connectivity index (χ1v) is 33.4. The van der Waals surface area contributed by atoms with Gasteiger partial charge in [-0.2, -0.15) is 0 Å². The van der Waals surface area contributed by atoms with Gasteiger partial charge in [-0.3, -0.25) is 0 Å². The van der Waals surface area contributed by atoms with Crippen LogP contribution in [0, 0.1) is 20.8 Å². The number of ether oxygens (including phenoxy) is 4. The molecule has 8 aliphatic rings. The highest BCUT2D eigenvalue weighted by Gasteiger charge is 2.61. The molecule has 8 aliphatic heterocycles. The van der Waals surface area contributed by atoms with E-state index in [1.54, 1.807) is 0 Å². The van der Waals surface area contributed by atoms with Crippen LogP contribution in [0.5, 0.6) is 23.0 Å². The van der Waals surface area contributed by atoms with Crippen LogP contribution in [0.25, 0.3) is 35.1 Å². The predicted molar refractivity (Wildman–Crippen MR) is 390 cm³/mol. The molecule has 8 heterocycles. The van der Waals surface area contributed by atoms with E-state index in [2.05, 4.69) is 322 Å². The highest BCUT2D eigenvalue weighted by Crippen LogP contribution is 2.59. The second-order valence-electron chi connectivity index (χ2n) is 28.9. The molecule has 0 fully saturated rings. The minimum atomic E-state index is -0.623. The zero-order valence-corrected chi connectivity index (χ0v) is 57.4. The molecule has 0 unspecified atom stereocenters. The summed E-state index contributed by atoms with van der Waals surface area (Å²) in [6.07, 6.45) is 17.5. The standard InChI is InChI=1S/C23H21NO.2C21H23NO2.C20H21NO/c1-22(2)19-10-6-7-11-20(19)24(3)23(22)15-14-18-17-9-5-4-8-16(17)12-13-21(18)25-23;1-14-11-15-9-10-21(24-19(15)16(12-14)13-23)20(2,3)17-7-5-6-8-18(17)22(21)4;1-15-8-9-19-16(14-15)10-11-21(24-19)20(2,3)17-6-4-5-7-18(17)22(21)12-13-23;1-14-9-10-18-15(13-14)11-12-20(22-18)19(2,3)16-7-5-6-8-17(16)21(20)4/h4-15H,1-3H3;5-12,23H,13H2,1-4H3;4-11,14,23H,12-13H2,1-3H3;5-13H,1-4H3/t23-;2*21-;20-/m1111/s1. The van der Waals surface area contributed by atoms with Gasteiger partial charge >= 0.3 is 0 Å². The van der Waals surface area contributed by atoms with Crippen molar-refractivity contribution < 1.29 is 29.2 Å². The molecule has 0 saturated heterocycles. The van der Waals surface area contributed by atoms with E-state index in [1.807, 2.05) is 25.1 Å². The number of anilines is 4. The van der Waals surface area contributed by atoms with Gasteiger partial charge in [-0.15, -0.1) is 0 Å². The van der Waals surface area contributed by atoms with Gasteiger partial charge in [0.25, 0.3) is 0 Å². The quantitative estimate of drug-likeness (QED) is 0.178. The lowest BCUT2D eigenvalue weighted by Gasteiger charge is -2.47. The van der Waals surface area contributed by atoms with Crippen LogP contribution in [0.15, 0.2) is 206 Å². The largest absolute Gasteiger partial charge is 0.463 e. The van der Waals surface area contributed by atoms with Crippen LogP contribution in [0.4, 0.5) is 22.7 Å². The lowest BCUT2D eigenvalue weighted by atomic mass is 9.76. The Morgan fingerprint density at radius 1 is 0.368 bits per heavy atom. The molecule has 95 heavy (non-hydrogen) atoms. The molecule has 484 valence electrons. The molecule has 10 nitrogen and oxygen atoms in total. The number of hydrogen-bond acceptors (Lipinski definition) is 10. The third-order valence-electron chi connectivity index (χ3n) is 22.3. The highest BCUT2D eigenvalue weighted by molar-refractivity contribution is 5.94. The van der Waals surface area contributed by atoms with Gasteiger partial charge in [0.15, 0.2) is 0 Å². The Hall–Kier alpha value is -9.48. The van der Waals surface area contributed by atoms with Crippen molar-refractivity contribution in [3.63, 3.8) is 0 Å². The van der Waals surface area contributed by atoms with Crippen LogP contribution >= 0.6 is 0 Å². The van der Waals surface area contributed by atoms with Crippen LogP contribution in [-0.2, 0) is 28.3 Å². The number of para-hydroxylation sites is 4. The number of nitrogens with zero attached hydrogens (tertiary/aromatic N) is 4. The fraction of sp³-hybridized carbons (Fsp3) is 0.294. The molecule has 9 aromatic rings. The fourth-order valence-electron chi connectivity index (χ4n) is 16.8. The van der Waals surface area contributed by atoms with Crippen molar-refractivity contribution in [1.29, 1.82) is 0 Å². The number of hydrogen-bond donors (Lipinski definition) is 2. The summed E-state index contributed by atoms with van der Waals surface area (Å²) in [6, 6.07) is 63.5. The Kier molecular flexibility index (Phi) is 15.0. The summed E-state index contributed by atoms with van der Waals surface area (Å²) >= 11 is 0. The molecule has 9 aromatic carbocycles. The van der Waals surface area contributed by atoms with E-state index >= 15 is 0 Å². The maximum atomic E-state index is 9.80. The summed E-state index contributed by atoms with van der Waals surface area (Å²) in [4.78, 5) is 8.95. The summed E-state index contributed by atoms with van der Waals surface area (Å²) in [5.74, 6) is 3.60. The summed E-state index contributed by atoms with van der Waals surface area (Å²) in [5.41, 5.74) is 16.0. The second-order valence-corrected chi connectivity index (χ2v) is 28.9. The van der Waals surface area contributed by atoms with Crippen molar-refractivity contribution >= 4 is 57.8 Å². The molecule has 10 heteroatoms. The van der Waals surface area contributed by atoms with E-state index in [4.69, 9.17) is 18.9 Å². The van der Waals surface area contributed by atoms with Gasteiger partial charge < -0.3 is 48.8 Å². The minimum absolute atomic E-state index is 0.0228. The lowest BCUT2D eigenvalue weighted by Crippen LogP contribution is -2.60. The van der Waals surface area contributed by atoms with Crippen molar-refractivity contribution in [2.45, 2.75) is 127 Å². The van der Waals surface area contributed by atoms with Gasteiger partial charge in [-0.05, 0) is 224 Å². The van der Waals surface area contributed by atoms with E-state index in [9.17, 15) is 10.2 Å². The van der Waals surface area contributed by atoms with Gasteiger partial charge in [-0.1, -0.05) is 132 Å². The molecule has 0 aromatic heterocycles. The van der Waals surface area contributed by atoms with Crippen LogP contribution in [0.2, 0.25) is 0 Å². The van der Waals surface area contributed by atoms with Crippen molar-refractivity contribution in [3.8, 4) is 23.0 Å². The van der Waals surface area contributed by atoms with Crippen LogP contribution in [0.3, 0.4) is 0 Å². The highest BCUT2D eigenvalue weighted by atomic mass is 16.5. The first kappa shape index (κ1) is 62.9. The number of aryl methyl sites for hydroxylation is 3. The van der Waals surface area contributed by atoms with E-state index < -0.39 is 22.9 Å². The summed E-state index contributed by atoms with van der Waals surface area (Å²) in [6.45, 7) is 24.8. The molecule has 4 spiro atoms. The van der Waals surface area contributed by atoms with Crippen molar-refractivity contribution in [2.24, 2.45) is 0 Å². The third-order valence-corrected chi connectivity index (χ3v) is 22.3. The number of β-amino-alcohol motifs (C(OH)–C–C–N with tert-alkyl or cyclic N) is 1. The fourth-order valence-corrected chi connectivity index (χ4v) is 16.8. The Labute approximate surface area is 561 Å². The molecule has 0 bridgehead atoms. The summed E-state index contributed by atoms with van der Waals surface area (Å²) < 4.78 is 26.6. The smallest absolute Gasteiger partial charge is 0.212 e. The van der Waals surface area contributed by atoms with Crippen molar-refractivity contribution in [3.05, 3.63) is 273 Å². The van der Waals surface area contributed by atoms with E-state index in [0.29, 0.717) is 6.54 Å². The molecule has 0 saturated carbocycles. The maximum Gasteiger partial charge on any atom is 0.212 e. The number of likely N-dealkylation sites (N-methyl/N-ethyl adjacent to an activating group) is 3. The SMILES string of the molecule is CN1c2ccccc2C(C)(C)[C@]12C=Cc1c(ccc3ccccc13)O2.Cc1cc2c(c(CO)c1)O[C@@]1(C=C2)N(C)c2ccccc2C1(C)C.Cc1ccc2c(c1)C=C[C@]1(O2)N(C)c2ccccc2C1(C)C.Cc1ccc2c(c1)C=C[C@]1(O2)N(CCO)c2ccccc2C1(C)C. The van der Waals surface area contributed by atoms with Crippen molar-refractivity contribution in [1.82, 2.24) is 0 Å². The Balaban J connectivity index is 0.000000109. The minimum Gasteiger partial charge on any atom is -0.463 e. The molecule has 4 atom stereocenters. The predicted octanol–water partition coefficient (Wildman–Crippen LogP) is 17.8. The Bertz CT molecular complexity index is 4670. The van der Waals surface area contributed by atoms with Gasteiger partial charge in [0.2, 0.25) is 22.9 Å². The van der Waals surface area contributed by atoms with Crippen LogP contribution in [0.1, 0.15) is 122 Å². The zero-order chi connectivity index (χ0) is 66.8. The first-order chi connectivity index (χ1) is 45.4.